The zero-order valence-corrected chi connectivity index (χ0v) is 11.2. The number of nitrogens with zero attached hydrogens (tertiary/aromatic N) is 2. The van der Waals surface area contributed by atoms with E-state index in [0.29, 0.717) is 0 Å². The van der Waals surface area contributed by atoms with Crippen molar-refractivity contribution in [1.82, 2.24) is 15.3 Å². The summed E-state index contributed by atoms with van der Waals surface area (Å²) in [7, 11) is 0. The van der Waals surface area contributed by atoms with E-state index in [-0.39, 0.29) is 11.9 Å². The highest BCUT2D eigenvalue weighted by Gasteiger charge is 2.16. The van der Waals surface area contributed by atoms with E-state index >= 15 is 0 Å². The second-order valence-electron chi connectivity index (χ2n) is 4.52. The summed E-state index contributed by atoms with van der Waals surface area (Å²) in [5.74, 6) is -0.319. The maximum atomic E-state index is 13.0. The highest BCUT2D eigenvalue weighted by atomic mass is 19.1. The molecule has 0 bridgehead atoms. The number of aryl methyl sites for hydroxylation is 1. The van der Waals surface area contributed by atoms with Gasteiger partial charge in [0.25, 0.3) is 0 Å². The van der Waals surface area contributed by atoms with Crippen molar-refractivity contribution in [2.45, 2.75) is 26.3 Å². The molecule has 0 aromatic carbocycles. The molecular formula is C15H18FN3. The van der Waals surface area contributed by atoms with Crippen LogP contribution in [-0.2, 0) is 0 Å². The van der Waals surface area contributed by atoms with Gasteiger partial charge in [0.2, 0.25) is 0 Å². The summed E-state index contributed by atoms with van der Waals surface area (Å²) < 4.78 is 13.0. The van der Waals surface area contributed by atoms with Gasteiger partial charge in [-0.15, -0.1) is 0 Å². The summed E-state index contributed by atoms with van der Waals surface area (Å²) in [6.45, 7) is 5.03. The lowest BCUT2D eigenvalue weighted by atomic mass is 10.0. The van der Waals surface area contributed by atoms with Gasteiger partial charge in [0, 0.05) is 12.4 Å². The third-order valence-electron chi connectivity index (χ3n) is 3.04. The molecule has 0 saturated carbocycles. The summed E-state index contributed by atoms with van der Waals surface area (Å²) >= 11 is 0. The Labute approximate surface area is 112 Å². The summed E-state index contributed by atoms with van der Waals surface area (Å²) in [5, 5.41) is 3.44. The molecule has 0 spiro atoms. The van der Waals surface area contributed by atoms with Gasteiger partial charge in [0.05, 0.1) is 17.9 Å². The topological polar surface area (TPSA) is 37.8 Å². The molecule has 19 heavy (non-hydrogen) atoms. The lowest BCUT2D eigenvalue weighted by Crippen LogP contribution is -2.25. The van der Waals surface area contributed by atoms with Gasteiger partial charge in [-0.05, 0) is 49.2 Å². The molecule has 0 amide bonds. The van der Waals surface area contributed by atoms with E-state index in [9.17, 15) is 4.39 Å². The smallest absolute Gasteiger partial charge is 0.141 e. The first-order chi connectivity index (χ1) is 9.22. The van der Waals surface area contributed by atoms with Crippen molar-refractivity contribution in [1.29, 1.82) is 0 Å². The Morgan fingerprint density at radius 2 is 2.11 bits per heavy atom. The van der Waals surface area contributed by atoms with Gasteiger partial charge in [-0.3, -0.25) is 9.97 Å². The van der Waals surface area contributed by atoms with Crippen LogP contribution < -0.4 is 5.32 Å². The van der Waals surface area contributed by atoms with E-state index < -0.39 is 0 Å². The average Bonchev–Trinajstić information content (AvgIpc) is 2.43. The number of pyridine rings is 2. The third kappa shape index (κ3) is 3.35. The largest absolute Gasteiger partial charge is 0.305 e. The van der Waals surface area contributed by atoms with Crippen molar-refractivity contribution in [3.05, 3.63) is 59.4 Å². The molecular weight excluding hydrogens is 241 g/mol. The minimum Gasteiger partial charge on any atom is -0.305 e. The SMILES string of the molecule is CCCNC(c1ccc(F)cn1)c1cnccc1C. The zero-order chi connectivity index (χ0) is 13.7. The molecule has 100 valence electrons. The van der Waals surface area contributed by atoms with E-state index in [1.807, 2.05) is 19.2 Å². The molecule has 0 saturated heterocycles. The van der Waals surface area contributed by atoms with Gasteiger partial charge >= 0.3 is 0 Å². The Bertz CT molecular complexity index is 525. The van der Waals surface area contributed by atoms with Crippen molar-refractivity contribution in [3.8, 4) is 0 Å². The van der Waals surface area contributed by atoms with E-state index in [0.717, 1.165) is 29.8 Å². The number of rotatable bonds is 5. The van der Waals surface area contributed by atoms with Gasteiger partial charge in [0.15, 0.2) is 0 Å². The minimum absolute atomic E-state index is 0.0470. The van der Waals surface area contributed by atoms with Crippen LogP contribution in [0.15, 0.2) is 36.8 Å². The van der Waals surface area contributed by atoms with Gasteiger partial charge in [-0.25, -0.2) is 4.39 Å². The Hall–Kier alpha value is -1.81. The number of halogens is 1. The quantitative estimate of drug-likeness (QED) is 0.897. The van der Waals surface area contributed by atoms with Gasteiger partial charge in [-0.1, -0.05) is 6.92 Å². The van der Waals surface area contributed by atoms with Crippen LogP contribution in [0.3, 0.4) is 0 Å². The van der Waals surface area contributed by atoms with Crippen molar-refractivity contribution in [3.63, 3.8) is 0 Å². The van der Waals surface area contributed by atoms with Crippen molar-refractivity contribution >= 4 is 0 Å². The average molecular weight is 259 g/mol. The molecule has 2 aromatic rings. The lowest BCUT2D eigenvalue weighted by molar-refractivity contribution is 0.573. The predicted octanol–water partition coefficient (Wildman–Crippen LogP) is 3.01. The first-order valence-electron chi connectivity index (χ1n) is 6.47. The Morgan fingerprint density at radius 1 is 1.26 bits per heavy atom. The molecule has 0 fully saturated rings. The van der Waals surface area contributed by atoms with Crippen LogP contribution in [0.5, 0.6) is 0 Å². The predicted molar refractivity (Wildman–Crippen MR) is 73.3 cm³/mol. The van der Waals surface area contributed by atoms with Crippen molar-refractivity contribution in [2.75, 3.05) is 6.54 Å². The van der Waals surface area contributed by atoms with Crippen molar-refractivity contribution in [2.24, 2.45) is 0 Å². The second kappa shape index (κ2) is 6.38. The molecule has 2 rings (SSSR count). The Balaban J connectivity index is 2.35. The van der Waals surface area contributed by atoms with E-state index in [4.69, 9.17) is 0 Å². The van der Waals surface area contributed by atoms with Crippen molar-refractivity contribution < 1.29 is 4.39 Å². The monoisotopic (exact) mass is 259 g/mol. The fourth-order valence-corrected chi connectivity index (χ4v) is 2.00. The number of aromatic nitrogens is 2. The van der Waals surface area contributed by atoms with Gasteiger partial charge < -0.3 is 5.32 Å². The van der Waals surface area contributed by atoms with Crippen LogP contribution in [0, 0.1) is 12.7 Å². The van der Waals surface area contributed by atoms with E-state index in [1.165, 1.54) is 12.3 Å². The van der Waals surface area contributed by atoms with Crippen LogP contribution in [0.25, 0.3) is 0 Å². The maximum Gasteiger partial charge on any atom is 0.141 e. The molecule has 3 nitrogen and oxygen atoms in total. The molecule has 2 heterocycles. The van der Waals surface area contributed by atoms with Crippen LogP contribution in [0.1, 0.15) is 36.2 Å². The summed E-state index contributed by atoms with van der Waals surface area (Å²) in [6, 6.07) is 5.08. The zero-order valence-electron chi connectivity index (χ0n) is 11.2. The van der Waals surface area contributed by atoms with Gasteiger partial charge in [-0.2, -0.15) is 0 Å². The molecule has 2 aromatic heterocycles. The minimum atomic E-state index is -0.319. The first kappa shape index (κ1) is 13.6. The number of nitrogens with one attached hydrogen (secondary N) is 1. The molecule has 0 radical (unpaired) electrons. The van der Waals surface area contributed by atoms with E-state index in [1.54, 1.807) is 12.3 Å². The normalized spacial score (nSPS) is 12.4. The number of hydrogen-bond donors (Lipinski definition) is 1. The van der Waals surface area contributed by atoms with Crippen LogP contribution in [0.4, 0.5) is 4.39 Å². The molecule has 0 aliphatic carbocycles. The molecule has 1 atom stereocenters. The number of hydrogen-bond acceptors (Lipinski definition) is 3. The fourth-order valence-electron chi connectivity index (χ4n) is 2.00. The maximum absolute atomic E-state index is 13.0. The molecule has 0 aliphatic rings. The van der Waals surface area contributed by atoms with Crippen LogP contribution >= 0.6 is 0 Å². The Kier molecular flexibility index (Phi) is 4.58. The van der Waals surface area contributed by atoms with E-state index in [2.05, 4.69) is 22.2 Å². The second-order valence-corrected chi connectivity index (χ2v) is 4.52. The molecule has 0 aliphatic heterocycles. The summed E-state index contributed by atoms with van der Waals surface area (Å²) in [5.41, 5.74) is 3.04. The van der Waals surface area contributed by atoms with Crippen LogP contribution in [0.2, 0.25) is 0 Å². The highest BCUT2D eigenvalue weighted by Crippen LogP contribution is 2.22. The molecule has 1 N–H and O–H groups in total. The highest BCUT2D eigenvalue weighted by molar-refractivity contribution is 5.31. The molecule has 4 heteroatoms. The lowest BCUT2D eigenvalue weighted by Gasteiger charge is -2.20. The van der Waals surface area contributed by atoms with Gasteiger partial charge in [0.1, 0.15) is 5.82 Å². The summed E-state index contributed by atoms with van der Waals surface area (Å²) in [4.78, 5) is 8.36. The molecule has 1 unspecified atom stereocenters. The fraction of sp³-hybridized carbons (Fsp3) is 0.333. The van der Waals surface area contributed by atoms with Crippen LogP contribution in [-0.4, -0.2) is 16.5 Å². The third-order valence-corrected chi connectivity index (χ3v) is 3.04. The Morgan fingerprint density at radius 3 is 2.74 bits per heavy atom. The first-order valence-corrected chi connectivity index (χ1v) is 6.47. The summed E-state index contributed by atoms with van der Waals surface area (Å²) in [6.07, 6.45) is 5.89. The standard InChI is InChI=1S/C15H18FN3/c1-3-7-18-15(13-10-17-8-6-11(13)2)14-5-4-12(16)9-19-14/h4-6,8-10,15,18H,3,7H2,1-2H3.